The predicted octanol–water partition coefficient (Wildman–Crippen LogP) is 4.04. The molecule has 1 heterocycles. The molecule has 1 aromatic carbocycles. The molecular weight excluding hydrogens is 222 g/mol. The smallest absolute Gasteiger partial charge is 0.151 e. The van der Waals surface area contributed by atoms with Crippen molar-refractivity contribution in [2.24, 2.45) is 11.8 Å². The van der Waals surface area contributed by atoms with Gasteiger partial charge in [-0.15, -0.1) is 11.3 Å². The third-order valence-corrected chi connectivity index (χ3v) is 5.34. The van der Waals surface area contributed by atoms with Crippen molar-refractivity contribution in [1.29, 1.82) is 0 Å². The fourth-order valence-electron chi connectivity index (χ4n) is 1.72. The summed E-state index contributed by atoms with van der Waals surface area (Å²) in [5.41, 5.74) is 1.15. The molecule has 0 saturated heterocycles. The second-order valence-corrected chi connectivity index (χ2v) is 6.53. The van der Waals surface area contributed by atoms with E-state index >= 15 is 0 Å². The zero-order valence-electron chi connectivity index (χ0n) is 8.64. The van der Waals surface area contributed by atoms with E-state index in [1.165, 1.54) is 21.2 Å². The van der Waals surface area contributed by atoms with Gasteiger partial charge in [-0.25, -0.2) is 4.98 Å². The lowest BCUT2D eigenvalue weighted by molar-refractivity contribution is 0.844. The first-order chi connectivity index (χ1) is 7.33. The van der Waals surface area contributed by atoms with Crippen molar-refractivity contribution in [3.63, 3.8) is 0 Å². The molecule has 78 valence electrons. The molecule has 1 fully saturated rings. The van der Waals surface area contributed by atoms with Crippen LogP contribution in [0.25, 0.3) is 10.2 Å². The van der Waals surface area contributed by atoms with E-state index in [-0.39, 0.29) is 0 Å². The van der Waals surface area contributed by atoms with Gasteiger partial charge in [-0.3, -0.25) is 0 Å². The van der Waals surface area contributed by atoms with Crippen molar-refractivity contribution in [3.05, 3.63) is 24.3 Å². The Balaban J connectivity index is 1.74. The molecule has 0 spiro atoms. The van der Waals surface area contributed by atoms with Crippen LogP contribution in [0.1, 0.15) is 13.3 Å². The summed E-state index contributed by atoms with van der Waals surface area (Å²) in [4.78, 5) is 4.62. The van der Waals surface area contributed by atoms with E-state index in [9.17, 15) is 0 Å². The van der Waals surface area contributed by atoms with Gasteiger partial charge in [0.1, 0.15) is 0 Å². The maximum absolute atomic E-state index is 4.62. The summed E-state index contributed by atoms with van der Waals surface area (Å²) in [6.45, 7) is 2.34. The van der Waals surface area contributed by atoms with Gasteiger partial charge in [0, 0.05) is 5.75 Å². The number of hydrogen-bond donors (Lipinski definition) is 0. The van der Waals surface area contributed by atoms with Gasteiger partial charge in [0.2, 0.25) is 0 Å². The van der Waals surface area contributed by atoms with E-state index in [1.807, 2.05) is 23.1 Å². The summed E-state index contributed by atoms with van der Waals surface area (Å²) in [5.74, 6) is 3.15. The van der Waals surface area contributed by atoms with Crippen molar-refractivity contribution in [2.45, 2.75) is 17.7 Å². The van der Waals surface area contributed by atoms with Gasteiger partial charge in [-0.1, -0.05) is 30.8 Å². The average Bonchev–Trinajstić information content (AvgIpc) is 2.79. The van der Waals surface area contributed by atoms with Crippen LogP contribution in [0.2, 0.25) is 0 Å². The van der Waals surface area contributed by atoms with Crippen LogP contribution in [0.15, 0.2) is 28.6 Å². The maximum atomic E-state index is 4.62. The zero-order chi connectivity index (χ0) is 10.3. The van der Waals surface area contributed by atoms with Gasteiger partial charge in [0.05, 0.1) is 10.2 Å². The largest absolute Gasteiger partial charge is 0.230 e. The Morgan fingerprint density at radius 3 is 3.00 bits per heavy atom. The molecule has 15 heavy (non-hydrogen) atoms. The monoisotopic (exact) mass is 235 g/mol. The zero-order valence-corrected chi connectivity index (χ0v) is 10.3. The molecule has 3 rings (SSSR count). The van der Waals surface area contributed by atoms with Gasteiger partial charge in [-0.2, -0.15) is 0 Å². The molecule has 0 N–H and O–H groups in total. The van der Waals surface area contributed by atoms with E-state index in [1.54, 1.807) is 0 Å². The highest BCUT2D eigenvalue weighted by Gasteiger charge is 2.32. The van der Waals surface area contributed by atoms with Crippen LogP contribution >= 0.6 is 23.1 Å². The Hall–Kier alpha value is -0.540. The lowest BCUT2D eigenvalue weighted by Gasteiger charge is -1.93. The van der Waals surface area contributed by atoms with Gasteiger partial charge in [0.25, 0.3) is 0 Å². The normalized spacial score (nSPS) is 24.6. The minimum Gasteiger partial charge on any atom is -0.230 e. The number of fused-ring (bicyclic) bond motifs is 1. The predicted molar refractivity (Wildman–Crippen MR) is 67.6 cm³/mol. The summed E-state index contributed by atoms with van der Waals surface area (Å²) < 4.78 is 2.54. The van der Waals surface area contributed by atoms with E-state index < -0.39 is 0 Å². The first-order valence-corrected chi connectivity index (χ1v) is 7.11. The highest BCUT2D eigenvalue weighted by molar-refractivity contribution is 8.01. The van der Waals surface area contributed by atoms with Crippen molar-refractivity contribution < 1.29 is 0 Å². The Morgan fingerprint density at radius 1 is 1.47 bits per heavy atom. The SMILES string of the molecule is C[C@H]1C[C@@H]1CSc1nc2ccccc2s1. The summed E-state index contributed by atoms with van der Waals surface area (Å²) in [6, 6.07) is 8.38. The molecule has 1 aliphatic rings. The number of benzene rings is 1. The van der Waals surface area contributed by atoms with E-state index in [0.29, 0.717) is 0 Å². The Kier molecular flexibility index (Phi) is 2.45. The third kappa shape index (κ3) is 2.04. The van der Waals surface area contributed by atoms with Crippen LogP contribution in [0.4, 0.5) is 0 Å². The second-order valence-electron chi connectivity index (χ2n) is 4.23. The number of nitrogens with zero attached hydrogens (tertiary/aromatic N) is 1. The van der Waals surface area contributed by atoms with Gasteiger partial charge in [-0.05, 0) is 30.4 Å². The molecule has 3 heteroatoms. The lowest BCUT2D eigenvalue weighted by atomic mass is 10.3. The summed E-state index contributed by atoms with van der Waals surface area (Å²) in [6.07, 6.45) is 1.41. The Labute approximate surface area is 97.9 Å². The summed E-state index contributed by atoms with van der Waals surface area (Å²) >= 11 is 3.75. The molecule has 0 aliphatic heterocycles. The number of aromatic nitrogens is 1. The van der Waals surface area contributed by atoms with Crippen LogP contribution in [0.5, 0.6) is 0 Å². The number of rotatable bonds is 3. The lowest BCUT2D eigenvalue weighted by Crippen LogP contribution is -1.82. The number of para-hydroxylation sites is 1. The van der Waals surface area contributed by atoms with E-state index in [0.717, 1.165) is 17.4 Å². The second kappa shape index (κ2) is 3.80. The van der Waals surface area contributed by atoms with Crippen molar-refractivity contribution in [2.75, 3.05) is 5.75 Å². The maximum Gasteiger partial charge on any atom is 0.151 e. The molecule has 2 aromatic rings. The first-order valence-electron chi connectivity index (χ1n) is 5.31. The molecule has 1 aromatic heterocycles. The number of hydrogen-bond acceptors (Lipinski definition) is 3. The summed E-state index contributed by atoms with van der Waals surface area (Å²) in [7, 11) is 0. The highest BCUT2D eigenvalue weighted by atomic mass is 32.2. The molecule has 2 atom stereocenters. The average molecular weight is 235 g/mol. The van der Waals surface area contributed by atoms with Gasteiger partial charge >= 0.3 is 0 Å². The van der Waals surface area contributed by atoms with Gasteiger partial charge in [0.15, 0.2) is 4.34 Å². The summed E-state index contributed by atoms with van der Waals surface area (Å²) in [5, 5.41) is 0. The molecule has 0 amide bonds. The number of thiazole rings is 1. The number of thioether (sulfide) groups is 1. The minimum atomic E-state index is 0.946. The molecule has 1 nitrogen and oxygen atoms in total. The fourth-order valence-corrected chi connectivity index (χ4v) is 4.11. The quantitative estimate of drug-likeness (QED) is 0.745. The first kappa shape index (κ1) is 9.67. The van der Waals surface area contributed by atoms with Crippen LogP contribution in [0, 0.1) is 11.8 Å². The third-order valence-electron chi connectivity index (χ3n) is 2.97. The topological polar surface area (TPSA) is 12.9 Å². The highest BCUT2D eigenvalue weighted by Crippen LogP contribution is 2.42. The molecule has 0 bridgehead atoms. The molecule has 0 unspecified atom stereocenters. The Bertz CT molecular complexity index is 444. The van der Waals surface area contributed by atoms with Crippen molar-refractivity contribution in [3.8, 4) is 0 Å². The minimum absolute atomic E-state index is 0.946. The van der Waals surface area contributed by atoms with Crippen molar-refractivity contribution in [1.82, 2.24) is 4.98 Å². The van der Waals surface area contributed by atoms with Crippen LogP contribution in [0.3, 0.4) is 0 Å². The molecule has 0 radical (unpaired) electrons. The van der Waals surface area contributed by atoms with Crippen LogP contribution < -0.4 is 0 Å². The molecule has 1 saturated carbocycles. The van der Waals surface area contributed by atoms with Crippen molar-refractivity contribution >= 4 is 33.3 Å². The fraction of sp³-hybridized carbons (Fsp3) is 0.417. The van der Waals surface area contributed by atoms with E-state index in [4.69, 9.17) is 0 Å². The van der Waals surface area contributed by atoms with Crippen LogP contribution in [-0.4, -0.2) is 10.7 Å². The molecular formula is C12H13NS2. The van der Waals surface area contributed by atoms with E-state index in [2.05, 4.69) is 36.2 Å². The Morgan fingerprint density at radius 2 is 2.27 bits per heavy atom. The molecule has 1 aliphatic carbocycles. The van der Waals surface area contributed by atoms with Crippen LogP contribution in [-0.2, 0) is 0 Å². The van der Waals surface area contributed by atoms with Gasteiger partial charge < -0.3 is 0 Å². The standard InChI is InChI=1S/C12H13NS2/c1-8-6-9(8)7-14-12-13-10-4-2-3-5-11(10)15-12/h2-5,8-9H,6-7H2,1H3/t8-,9+/m0/s1.